The van der Waals surface area contributed by atoms with E-state index in [4.69, 9.17) is 10.6 Å². The third kappa shape index (κ3) is 2.71. The van der Waals surface area contributed by atoms with Crippen LogP contribution in [-0.2, 0) is 6.42 Å². The first-order valence-corrected chi connectivity index (χ1v) is 8.06. The number of nitrogens with one attached hydrogen (secondary N) is 1. The molecule has 0 saturated heterocycles. The van der Waals surface area contributed by atoms with Crippen LogP contribution < -0.4 is 16.0 Å². The average Bonchev–Trinajstić information content (AvgIpc) is 3.06. The van der Waals surface area contributed by atoms with Crippen molar-refractivity contribution in [2.75, 3.05) is 7.11 Å². The van der Waals surface area contributed by atoms with Gasteiger partial charge in [0, 0.05) is 14.3 Å². The summed E-state index contributed by atoms with van der Waals surface area (Å²) in [6, 6.07) is 12.6. The highest BCUT2D eigenvalue weighted by Crippen LogP contribution is 2.34. The second-order valence-corrected chi connectivity index (χ2v) is 6.64. The van der Waals surface area contributed by atoms with E-state index < -0.39 is 0 Å². The largest absolute Gasteiger partial charge is 0.497 e. The summed E-state index contributed by atoms with van der Waals surface area (Å²) in [6.07, 6.45) is 0.849. The molecule has 104 valence electrons. The smallest absolute Gasteiger partial charge is 0.119 e. The van der Waals surface area contributed by atoms with E-state index in [1.54, 1.807) is 29.8 Å². The quantitative estimate of drug-likeness (QED) is 0.558. The van der Waals surface area contributed by atoms with E-state index >= 15 is 0 Å². The minimum absolute atomic E-state index is 0.131. The summed E-state index contributed by atoms with van der Waals surface area (Å²) < 4.78 is 7.92. The van der Waals surface area contributed by atoms with Gasteiger partial charge in [-0.15, -0.1) is 22.7 Å². The number of hydrazine groups is 1. The van der Waals surface area contributed by atoms with Crippen molar-refractivity contribution in [1.82, 2.24) is 5.43 Å². The van der Waals surface area contributed by atoms with Gasteiger partial charge in [0.15, 0.2) is 0 Å². The first-order chi connectivity index (χ1) is 9.80. The molecule has 0 saturated carbocycles. The Morgan fingerprint density at radius 1 is 1.25 bits per heavy atom. The monoisotopic (exact) mass is 304 g/mol. The number of rotatable bonds is 5. The van der Waals surface area contributed by atoms with Crippen LogP contribution in [-0.4, -0.2) is 7.11 Å². The molecule has 20 heavy (non-hydrogen) atoms. The van der Waals surface area contributed by atoms with Crippen molar-refractivity contribution in [1.29, 1.82) is 0 Å². The minimum atomic E-state index is 0.131. The zero-order valence-corrected chi connectivity index (χ0v) is 12.8. The summed E-state index contributed by atoms with van der Waals surface area (Å²) in [4.78, 5) is 1.28. The molecule has 2 aromatic heterocycles. The van der Waals surface area contributed by atoms with Crippen molar-refractivity contribution in [3.8, 4) is 5.75 Å². The Morgan fingerprint density at radius 3 is 2.90 bits per heavy atom. The molecule has 0 amide bonds. The topological polar surface area (TPSA) is 47.3 Å². The van der Waals surface area contributed by atoms with Gasteiger partial charge in [0.25, 0.3) is 0 Å². The molecule has 0 bridgehead atoms. The van der Waals surface area contributed by atoms with Crippen LogP contribution in [0.1, 0.15) is 16.5 Å². The zero-order chi connectivity index (χ0) is 13.9. The maximum atomic E-state index is 5.74. The number of hydrogen-bond donors (Lipinski definition) is 2. The zero-order valence-electron chi connectivity index (χ0n) is 11.1. The molecule has 1 unspecified atom stereocenters. The predicted octanol–water partition coefficient (Wildman–Crippen LogP) is 3.72. The Labute approximate surface area is 126 Å². The van der Waals surface area contributed by atoms with Gasteiger partial charge in [-0.05, 0) is 41.6 Å². The SMILES string of the molecule is COc1cccc(CC(NN)c2cc3sccc3s2)c1. The third-order valence-electron chi connectivity index (χ3n) is 3.28. The van der Waals surface area contributed by atoms with Crippen molar-refractivity contribution in [3.63, 3.8) is 0 Å². The number of methoxy groups -OCH3 is 1. The number of ether oxygens (including phenoxy) is 1. The Kier molecular flexibility index (Phi) is 4.03. The maximum absolute atomic E-state index is 5.74. The second-order valence-electron chi connectivity index (χ2n) is 4.57. The highest BCUT2D eigenvalue weighted by atomic mass is 32.1. The van der Waals surface area contributed by atoms with Gasteiger partial charge >= 0.3 is 0 Å². The predicted molar refractivity (Wildman–Crippen MR) is 86.5 cm³/mol. The van der Waals surface area contributed by atoms with E-state index in [1.165, 1.54) is 19.8 Å². The first kappa shape index (κ1) is 13.6. The minimum Gasteiger partial charge on any atom is -0.497 e. The van der Waals surface area contributed by atoms with Gasteiger partial charge in [0.1, 0.15) is 5.75 Å². The summed E-state index contributed by atoms with van der Waals surface area (Å²) in [5.74, 6) is 6.62. The van der Waals surface area contributed by atoms with Crippen LogP contribution in [0.25, 0.3) is 9.40 Å². The van der Waals surface area contributed by atoms with E-state index in [2.05, 4.69) is 35.1 Å². The normalized spacial score (nSPS) is 12.7. The van der Waals surface area contributed by atoms with Crippen molar-refractivity contribution in [2.24, 2.45) is 5.84 Å². The number of nitrogens with two attached hydrogens (primary N) is 1. The molecule has 0 spiro atoms. The highest BCUT2D eigenvalue weighted by molar-refractivity contribution is 7.26. The average molecular weight is 304 g/mol. The molecule has 1 aromatic carbocycles. The van der Waals surface area contributed by atoms with Gasteiger partial charge in [-0.1, -0.05) is 12.1 Å². The molecular weight excluding hydrogens is 288 g/mol. The van der Waals surface area contributed by atoms with Crippen LogP contribution in [0.4, 0.5) is 0 Å². The third-order valence-corrected chi connectivity index (χ3v) is 5.48. The molecule has 1 atom stereocenters. The van der Waals surface area contributed by atoms with Crippen LogP contribution in [0.3, 0.4) is 0 Å². The second kappa shape index (κ2) is 5.93. The molecule has 0 radical (unpaired) electrons. The number of thiophene rings is 2. The van der Waals surface area contributed by atoms with Crippen LogP contribution in [0.15, 0.2) is 41.8 Å². The molecule has 0 aliphatic carbocycles. The van der Waals surface area contributed by atoms with Crippen LogP contribution in [0.2, 0.25) is 0 Å². The lowest BCUT2D eigenvalue weighted by Crippen LogP contribution is -2.28. The Balaban J connectivity index is 1.84. The Morgan fingerprint density at radius 2 is 2.15 bits per heavy atom. The van der Waals surface area contributed by atoms with Crippen molar-refractivity contribution < 1.29 is 4.74 Å². The molecule has 3 rings (SSSR count). The fourth-order valence-corrected chi connectivity index (χ4v) is 4.41. The van der Waals surface area contributed by atoms with E-state index in [0.717, 1.165) is 12.2 Å². The molecular formula is C15H16N2OS2. The summed E-state index contributed by atoms with van der Waals surface area (Å²) in [7, 11) is 1.69. The van der Waals surface area contributed by atoms with Gasteiger partial charge in [0.05, 0.1) is 13.2 Å². The summed E-state index contributed by atoms with van der Waals surface area (Å²) in [5.41, 5.74) is 4.14. The van der Waals surface area contributed by atoms with Gasteiger partial charge in [-0.3, -0.25) is 11.3 Å². The summed E-state index contributed by atoms with van der Waals surface area (Å²) in [6.45, 7) is 0. The van der Waals surface area contributed by atoms with Crippen LogP contribution in [0.5, 0.6) is 5.75 Å². The van der Waals surface area contributed by atoms with E-state index in [1.807, 2.05) is 12.1 Å². The first-order valence-electron chi connectivity index (χ1n) is 6.36. The Bertz CT molecular complexity index is 676. The highest BCUT2D eigenvalue weighted by Gasteiger charge is 2.14. The van der Waals surface area contributed by atoms with Gasteiger partial charge < -0.3 is 4.74 Å². The van der Waals surface area contributed by atoms with E-state index in [9.17, 15) is 0 Å². The summed E-state index contributed by atoms with van der Waals surface area (Å²) in [5, 5.41) is 2.12. The molecule has 0 aliphatic rings. The number of fused-ring (bicyclic) bond motifs is 1. The lowest BCUT2D eigenvalue weighted by Gasteiger charge is -2.14. The molecule has 0 aliphatic heterocycles. The fraction of sp³-hybridized carbons (Fsp3) is 0.200. The van der Waals surface area contributed by atoms with E-state index in [0.29, 0.717) is 0 Å². The van der Waals surface area contributed by atoms with Gasteiger partial charge in [-0.25, -0.2) is 0 Å². The van der Waals surface area contributed by atoms with Crippen molar-refractivity contribution in [2.45, 2.75) is 12.5 Å². The van der Waals surface area contributed by atoms with E-state index in [-0.39, 0.29) is 6.04 Å². The van der Waals surface area contributed by atoms with Gasteiger partial charge in [-0.2, -0.15) is 0 Å². The molecule has 2 heterocycles. The Hall–Kier alpha value is -1.40. The lowest BCUT2D eigenvalue weighted by molar-refractivity contribution is 0.414. The maximum Gasteiger partial charge on any atom is 0.119 e. The standard InChI is InChI=1S/C15H16N2OS2/c1-18-11-4-2-3-10(7-11)8-12(17-16)14-9-15-13(20-14)5-6-19-15/h2-7,9,12,17H,8,16H2,1H3. The van der Waals surface area contributed by atoms with Gasteiger partial charge in [0.2, 0.25) is 0 Å². The molecule has 3 aromatic rings. The summed E-state index contributed by atoms with van der Waals surface area (Å²) >= 11 is 3.57. The molecule has 3 nitrogen and oxygen atoms in total. The molecule has 3 N–H and O–H groups in total. The van der Waals surface area contributed by atoms with Crippen molar-refractivity contribution in [3.05, 3.63) is 52.2 Å². The lowest BCUT2D eigenvalue weighted by atomic mass is 10.0. The molecule has 5 heteroatoms. The van der Waals surface area contributed by atoms with Crippen LogP contribution in [0, 0.1) is 0 Å². The number of benzene rings is 1. The van der Waals surface area contributed by atoms with Crippen LogP contribution >= 0.6 is 22.7 Å². The molecule has 0 fully saturated rings. The van der Waals surface area contributed by atoms with Crippen molar-refractivity contribution >= 4 is 32.1 Å². The number of hydrogen-bond acceptors (Lipinski definition) is 5. The fourth-order valence-electron chi connectivity index (χ4n) is 2.23.